The van der Waals surface area contributed by atoms with Gasteiger partial charge in [-0.3, -0.25) is 4.79 Å². The summed E-state index contributed by atoms with van der Waals surface area (Å²) in [5.74, 6) is 5.79. The molecule has 3 heteroatoms. The molecule has 0 fully saturated rings. The fourth-order valence-electron chi connectivity index (χ4n) is 1.16. The molecule has 78 valence electrons. The number of hydrogen-bond donors (Lipinski definition) is 0. The second kappa shape index (κ2) is 6.09. The van der Waals surface area contributed by atoms with Gasteiger partial charge in [0.25, 0.3) is 0 Å². The molecule has 0 aliphatic heterocycles. The minimum atomic E-state index is 0.125. The number of benzene rings is 1. The molecule has 0 spiro atoms. The molecule has 1 rings (SSSR count). The third-order valence-electron chi connectivity index (χ3n) is 1.84. The van der Waals surface area contributed by atoms with Gasteiger partial charge in [0.1, 0.15) is 0 Å². The Morgan fingerprint density at radius 3 is 2.40 bits per heavy atom. The first-order valence-corrected chi connectivity index (χ1v) is 6.11. The van der Waals surface area contributed by atoms with Crippen molar-refractivity contribution in [3.05, 3.63) is 32.7 Å². The van der Waals surface area contributed by atoms with Gasteiger partial charge in [0.05, 0.1) is 0 Å². The van der Waals surface area contributed by atoms with Crippen LogP contribution in [0.15, 0.2) is 27.1 Å². The zero-order chi connectivity index (χ0) is 11.3. The fourth-order valence-corrected chi connectivity index (χ4v) is 2.45. The summed E-state index contributed by atoms with van der Waals surface area (Å²) in [4.78, 5) is 11.7. The van der Waals surface area contributed by atoms with Crippen LogP contribution in [-0.2, 0) is 0 Å². The van der Waals surface area contributed by atoms with E-state index in [4.69, 9.17) is 0 Å². The summed E-state index contributed by atoms with van der Waals surface area (Å²) in [6.07, 6.45) is 1.10. The van der Waals surface area contributed by atoms with E-state index in [9.17, 15) is 4.79 Å². The normalized spacial score (nSPS) is 9.27. The number of carbonyl (C=O) groups excluding carboxylic acids is 1. The number of hydrogen-bond acceptors (Lipinski definition) is 1. The molecule has 0 aliphatic rings. The molecule has 0 N–H and O–H groups in total. The molecule has 1 aromatic carbocycles. The smallest absolute Gasteiger partial charge is 0.163 e. The first kappa shape index (κ1) is 12.5. The van der Waals surface area contributed by atoms with Gasteiger partial charge in [-0.25, -0.2) is 0 Å². The van der Waals surface area contributed by atoms with Crippen molar-refractivity contribution in [1.82, 2.24) is 0 Å². The molecule has 0 aliphatic carbocycles. The lowest BCUT2D eigenvalue weighted by Crippen LogP contribution is -1.98. The summed E-state index contributed by atoms with van der Waals surface area (Å²) in [7, 11) is 0. The van der Waals surface area contributed by atoms with Crippen LogP contribution < -0.4 is 0 Å². The van der Waals surface area contributed by atoms with E-state index in [2.05, 4.69) is 43.7 Å². The Balaban J connectivity index is 2.76. The maximum absolute atomic E-state index is 11.7. The Morgan fingerprint density at radius 2 is 1.87 bits per heavy atom. The lowest BCUT2D eigenvalue weighted by atomic mass is 10.1. The van der Waals surface area contributed by atoms with Crippen molar-refractivity contribution in [3.8, 4) is 11.8 Å². The summed E-state index contributed by atoms with van der Waals surface area (Å²) in [5, 5.41) is 0. The van der Waals surface area contributed by atoms with Gasteiger partial charge in [0.15, 0.2) is 5.78 Å². The second-order valence-corrected chi connectivity index (χ2v) is 4.84. The molecule has 0 atom stereocenters. The quantitative estimate of drug-likeness (QED) is 0.600. The standard InChI is InChI=1S/C12H10Br2O/c1-2-3-4-5-12(15)9-6-10(13)8-11(14)7-9/h6-8H,4-5H2,1H3. The van der Waals surface area contributed by atoms with E-state index >= 15 is 0 Å². The van der Waals surface area contributed by atoms with Crippen molar-refractivity contribution in [3.63, 3.8) is 0 Å². The van der Waals surface area contributed by atoms with Crippen LogP contribution in [0.25, 0.3) is 0 Å². The van der Waals surface area contributed by atoms with Gasteiger partial charge in [0, 0.05) is 27.4 Å². The molecule has 0 amide bonds. The number of rotatable bonds is 3. The van der Waals surface area contributed by atoms with Crippen LogP contribution in [0.3, 0.4) is 0 Å². The SMILES string of the molecule is CC#CCCC(=O)c1cc(Br)cc(Br)c1. The van der Waals surface area contributed by atoms with Crippen LogP contribution >= 0.6 is 31.9 Å². The lowest BCUT2D eigenvalue weighted by Gasteiger charge is -2.01. The van der Waals surface area contributed by atoms with Crippen LogP contribution in [0.2, 0.25) is 0 Å². The maximum Gasteiger partial charge on any atom is 0.163 e. The fraction of sp³-hybridized carbons (Fsp3) is 0.250. The molecule has 0 heterocycles. The largest absolute Gasteiger partial charge is 0.294 e. The van der Waals surface area contributed by atoms with Crippen LogP contribution in [-0.4, -0.2) is 5.78 Å². The monoisotopic (exact) mass is 328 g/mol. The molecule has 0 saturated heterocycles. The summed E-state index contributed by atoms with van der Waals surface area (Å²) >= 11 is 6.71. The molecule has 0 saturated carbocycles. The Labute approximate surface area is 107 Å². The third-order valence-corrected chi connectivity index (χ3v) is 2.75. The van der Waals surface area contributed by atoms with Crippen molar-refractivity contribution in [2.45, 2.75) is 19.8 Å². The molecule has 0 bridgehead atoms. The van der Waals surface area contributed by atoms with E-state index in [0.29, 0.717) is 18.4 Å². The van der Waals surface area contributed by atoms with Gasteiger partial charge in [-0.2, -0.15) is 0 Å². The molecule has 15 heavy (non-hydrogen) atoms. The highest BCUT2D eigenvalue weighted by Crippen LogP contribution is 2.21. The van der Waals surface area contributed by atoms with E-state index in [0.717, 1.165) is 8.95 Å². The molecule has 1 nitrogen and oxygen atoms in total. The lowest BCUT2D eigenvalue weighted by molar-refractivity contribution is 0.0984. The molecule has 1 aromatic rings. The molecule has 0 aromatic heterocycles. The van der Waals surface area contributed by atoms with Crippen molar-refractivity contribution in [1.29, 1.82) is 0 Å². The van der Waals surface area contributed by atoms with Gasteiger partial charge in [-0.1, -0.05) is 31.9 Å². The van der Waals surface area contributed by atoms with Crippen LogP contribution in [0, 0.1) is 11.8 Å². The zero-order valence-corrected chi connectivity index (χ0v) is 11.5. The summed E-state index contributed by atoms with van der Waals surface area (Å²) in [6, 6.07) is 5.56. The van der Waals surface area contributed by atoms with Crippen molar-refractivity contribution in [2.75, 3.05) is 0 Å². The summed E-state index contributed by atoms with van der Waals surface area (Å²) in [6.45, 7) is 1.78. The number of Topliss-reactive ketones (excluding diaryl/α,β-unsaturated/α-hetero) is 1. The van der Waals surface area contributed by atoms with E-state index in [1.165, 1.54) is 0 Å². The Hall–Kier alpha value is -0.590. The molecular weight excluding hydrogens is 320 g/mol. The van der Waals surface area contributed by atoms with Crippen molar-refractivity contribution in [2.24, 2.45) is 0 Å². The van der Waals surface area contributed by atoms with Gasteiger partial charge in [0.2, 0.25) is 0 Å². The highest BCUT2D eigenvalue weighted by molar-refractivity contribution is 9.11. The number of carbonyl (C=O) groups is 1. The van der Waals surface area contributed by atoms with Gasteiger partial charge >= 0.3 is 0 Å². The van der Waals surface area contributed by atoms with Crippen LogP contribution in [0.5, 0.6) is 0 Å². The predicted molar refractivity (Wildman–Crippen MR) is 68.9 cm³/mol. The van der Waals surface area contributed by atoms with E-state index in [-0.39, 0.29) is 5.78 Å². The average Bonchev–Trinajstić information content (AvgIpc) is 2.16. The van der Waals surface area contributed by atoms with Crippen LogP contribution in [0.4, 0.5) is 0 Å². The Bertz CT molecular complexity index is 407. The third kappa shape index (κ3) is 4.19. The summed E-state index contributed by atoms with van der Waals surface area (Å²) < 4.78 is 1.81. The van der Waals surface area contributed by atoms with E-state index < -0.39 is 0 Å². The highest BCUT2D eigenvalue weighted by Gasteiger charge is 2.06. The topological polar surface area (TPSA) is 17.1 Å². The number of halogens is 2. The van der Waals surface area contributed by atoms with Crippen LogP contribution in [0.1, 0.15) is 30.1 Å². The summed E-state index contributed by atoms with van der Waals surface area (Å²) in [5.41, 5.74) is 0.717. The minimum Gasteiger partial charge on any atom is -0.294 e. The maximum atomic E-state index is 11.7. The number of ketones is 1. The molecule has 0 unspecified atom stereocenters. The van der Waals surface area contributed by atoms with Gasteiger partial charge in [-0.05, 0) is 25.1 Å². The second-order valence-electron chi connectivity index (χ2n) is 3.01. The Kier molecular flexibility index (Phi) is 5.07. The van der Waals surface area contributed by atoms with Crippen molar-refractivity contribution >= 4 is 37.6 Å². The average molecular weight is 330 g/mol. The first-order valence-electron chi connectivity index (χ1n) is 4.52. The zero-order valence-electron chi connectivity index (χ0n) is 8.31. The Morgan fingerprint density at radius 1 is 1.27 bits per heavy atom. The highest BCUT2D eigenvalue weighted by atomic mass is 79.9. The first-order chi connectivity index (χ1) is 7.13. The minimum absolute atomic E-state index is 0.125. The van der Waals surface area contributed by atoms with Crippen molar-refractivity contribution < 1.29 is 4.79 Å². The van der Waals surface area contributed by atoms with Gasteiger partial charge in [-0.15, -0.1) is 11.8 Å². The van der Waals surface area contributed by atoms with Gasteiger partial charge < -0.3 is 0 Å². The van der Waals surface area contributed by atoms with E-state index in [1.54, 1.807) is 6.92 Å². The molecule has 0 radical (unpaired) electrons. The van der Waals surface area contributed by atoms with E-state index in [1.807, 2.05) is 18.2 Å². The predicted octanol–water partition coefficient (Wildman–Crippen LogP) is 4.20. The molecular formula is C12H10Br2O.